The van der Waals surface area contributed by atoms with Crippen LogP contribution in [0, 0.1) is 50.6 Å². The molecule has 1 unspecified atom stereocenters. The van der Waals surface area contributed by atoms with Gasteiger partial charge in [-0.05, 0) is 0 Å². The zero-order valence-corrected chi connectivity index (χ0v) is 9.22. The minimum atomic E-state index is -4.07. The van der Waals surface area contributed by atoms with E-state index in [0.29, 0.717) is 0 Å². The van der Waals surface area contributed by atoms with Crippen LogP contribution in [-0.2, 0) is 4.84 Å². The smallest absolute Gasteiger partial charge is 0.303 e. The number of nitro groups is 4. The summed E-state index contributed by atoms with van der Waals surface area (Å²) in [5.74, 6) is -4.07. The average molecular weight is 299 g/mol. The highest BCUT2D eigenvalue weighted by Crippen LogP contribution is 2.21. The van der Waals surface area contributed by atoms with Crippen LogP contribution in [0.4, 0.5) is 0 Å². The van der Waals surface area contributed by atoms with E-state index in [-0.39, 0.29) is 0 Å². The molecule has 0 N–H and O–H groups in total. The molecule has 0 aliphatic rings. The van der Waals surface area contributed by atoms with Gasteiger partial charge in [-0.25, -0.2) is 0 Å². The minimum Gasteiger partial charge on any atom is -0.303 e. The van der Waals surface area contributed by atoms with Gasteiger partial charge >= 0.3 is 5.79 Å². The van der Waals surface area contributed by atoms with Gasteiger partial charge in [0.2, 0.25) is 13.0 Å². The number of hydrogen-bond donors (Lipinski definition) is 0. The second-order valence-corrected chi connectivity index (χ2v) is 3.22. The Labute approximate surface area is 106 Å². The van der Waals surface area contributed by atoms with E-state index in [4.69, 9.17) is 0 Å². The van der Waals surface area contributed by atoms with E-state index in [0.717, 1.165) is 0 Å². The summed E-state index contributed by atoms with van der Waals surface area (Å²) < 4.78 is 0. The monoisotopic (exact) mass is 299 g/mol. The van der Waals surface area contributed by atoms with Crippen LogP contribution < -0.4 is 0 Å². The lowest BCUT2D eigenvalue weighted by molar-refractivity contribution is -0.973. The predicted octanol–water partition coefficient (Wildman–Crippen LogP) is -1.29. The fourth-order valence-corrected chi connectivity index (χ4v) is 1.15. The second kappa shape index (κ2) is 6.11. The Kier molecular flexibility index (Phi) is 5.13. The third kappa shape index (κ3) is 3.65. The molecule has 112 valence electrons. The first kappa shape index (κ1) is 16.8. The highest BCUT2D eigenvalue weighted by atomic mass is 17.0. The van der Waals surface area contributed by atoms with Gasteiger partial charge in [-0.1, -0.05) is 0 Å². The molecule has 1 atom stereocenters. The predicted molar refractivity (Wildman–Crippen MR) is 52.1 cm³/mol. The van der Waals surface area contributed by atoms with E-state index in [1.165, 1.54) is 0 Å². The van der Waals surface area contributed by atoms with Crippen molar-refractivity contribution in [3.05, 3.63) is 50.6 Å². The quantitative estimate of drug-likeness (QED) is 0.276. The molecule has 0 fully saturated rings. The third-order valence-corrected chi connectivity index (χ3v) is 1.97. The third-order valence-electron chi connectivity index (χ3n) is 1.97. The maximum absolute atomic E-state index is 10.5. The Hall–Kier alpha value is -3.20. The SMILES string of the molecule is O=[N+]([O-])CC(CC([N+](=O)[O-])([N+](=O)[O-])[N+](=O)[O-])O[N+](=O)[O-]. The van der Waals surface area contributed by atoms with Crippen LogP contribution in [0.1, 0.15) is 6.42 Å². The summed E-state index contributed by atoms with van der Waals surface area (Å²) in [7, 11) is 0. The Morgan fingerprint density at radius 3 is 1.50 bits per heavy atom. The van der Waals surface area contributed by atoms with E-state index >= 15 is 0 Å². The van der Waals surface area contributed by atoms with Crippen LogP contribution in [0.5, 0.6) is 0 Å². The maximum atomic E-state index is 10.5. The number of nitrogens with zero attached hydrogens (tertiary/aromatic N) is 5. The summed E-state index contributed by atoms with van der Waals surface area (Å²) in [5, 5.41) is 50.2. The highest BCUT2D eigenvalue weighted by molar-refractivity contribution is 4.63. The zero-order valence-electron chi connectivity index (χ0n) is 9.22. The largest absolute Gasteiger partial charge is 0.702 e. The molecule has 0 aromatic rings. The van der Waals surface area contributed by atoms with Crippen LogP contribution >= 0.6 is 0 Å². The van der Waals surface area contributed by atoms with Crippen LogP contribution in [0.25, 0.3) is 0 Å². The van der Waals surface area contributed by atoms with Gasteiger partial charge in [-0.3, -0.25) is 40.5 Å². The summed E-state index contributed by atoms with van der Waals surface area (Å²) in [6.07, 6.45) is -4.12. The van der Waals surface area contributed by atoms with E-state index < -0.39 is 49.6 Å². The van der Waals surface area contributed by atoms with Crippen LogP contribution in [0.15, 0.2) is 0 Å². The molecular weight excluding hydrogens is 294 g/mol. The highest BCUT2D eigenvalue weighted by Gasteiger charge is 2.72. The number of rotatable bonds is 9. The van der Waals surface area contributed by atoms with Crippen LogP contribution in [-0.4, -0.2) is 43.2 Å². The lowest BCUT2D eigenvalue weighted by Gasteiger charge is -2.13. The van der Waals surface area contributed by atoms with Gasteiger partial charge in [0.25, 0.3) is 5.09 Å². The van der Waals surface area contributed by atoms with Crippen molar-refractivity contribution in [3.8, 4) is 0 Å². The lowest BCUT2D eigenvalue weighted by atomic mass is 10.1. The molecule has 0 amide bonds. The Bertz CT molecular complexity index is 408. The Balaban J connectivity index is 5.52. The van der Waals surface area contributed by atoms with Crippen molar-refractivity contribution in [1.29, 1.82) is 0 Å². The van der Waals surface area contributed by atoms with E-state index in [1.54, 1.807) is 0 Å². The van der Waals surface area contributed by atoms with Gasteiger partial charge in [0.1, 0.15) is 0 Å². The molecule has 0 radical (unpaired) electrons. The molecule has 20 heavy (non-hydrogen) atoms. The van der Waals surface area contributed by atoms with E-state index in [2.05, 4.69) is 4.84 Å². The molecule has 0 bridgehead atoms. The van der Waals surface area contributed by atoms with Crippen molar-refractivity contribution in [1.82, 2.24) is 0 Å². The van der Waals surface area contributed by atoms with Crippen molar-refractivity contribution < 1.29 is 29.6 Å². The summed E-state index contributed by atoms with van der Waals surface area (Å²) >= 11 is 0. The molecular formula is C4H5N5O11. The Morgan fingerprint density at radius 2 is 1.25 bits per heavy atom. The number of hydrogen-bond acceptors (Lipinski definition) is 11. The molecule has 0 aliphatic carbocycles. The van der Waals surface area contributed by atoms with Crippen molar-refractivity contribution in [2.45, 2.75) is 18.3 Å². The van der Waals surface area contributed by atoms with Crippen molar-refractivity contribution >= 4 is 0 Å². The lowest BCUT2D eigenvalue weighted by Crippen LogP contribution is -2.56. The van der Waals surface area contributed by atoms with E-state index in [1.807, 2.05) is 0 Å². The Morgan fingerprint density at radius 1 is 0.850 bits per heavy atom. The maximum Gasteiger partial charge on any atom is 0.702 e. The molecule has 0 saturated heterocycles. The minimum absolute atomic E-state index is 1.22. The second-order valence-electron chi connectivity index (χ2n) is 3.22. The van der Waals surface area contributed by atoms with Crippen molar-refractivity contribution in [3.63, 3.8) is 0 Å². The first-order valence-electron chi connectivity index (χ1n) is 4.40. The summed E-state index contributed by atoms with van der Waals surface area (Å²) in [4.78, 5) is 48.5. The first-order chi connectivity index (χ1) is 9.03. The van der Waals surface area contributed by atoms with Gasteiger partial charge in [0.15, 0.2) is 20.9 Å². The van der Waals surface area contributed by atoms with Crippen molar-refractivity contribution in [2.75, 3.05) is 6.54 Å². The summed E-state index contributed by atoms with van der Waals surface area (Å²) in [6, 6.07) is 0. The van der Waals surface area contributed by atoms with Crippen LogP contribution in [0.2, 0.25) is 0 Å². The molecule has 0 saturated carbocycles. The topological polar surface area (TPSA) is 225 Å². The molecule has 16 nitrogen and oxygen atoms in total. The summed E-state index contributed by atoms with van der Waals surface area (Å²) in [5.41, 5.74) is 0. The normalized spacial score (nSPS) is 12.2. The van der Waals surface area contributed by atoms with Crippen molar-refractivity contribution in [2.24, 2.45) is 0 Å². The van der Waals surface area contributed by atoms with Gasteiger partial charge in [0.05, 0.1) is 0 Å². The standard InChI is InChI=1S/C4H5N5O11/c10-5(11)2-3(20-9(18)19)1-4(6(12)13,7(14)15)8(16)17/h3H,1-2H2. The average Bonchev–Trinajstić information content (AvgIpc) is 2.21. The van der Waals surface area contributed by atoms with Crippen LogP contribution in [0.3, 0.4) is 0 Å². The molecule has 0 heterocycles. The van der Waals surface area contributed by atoms with Gasteiger partial charge in [-0.2, -0.15) is 0 Å². The fraction of sp³-hybridized carbons (Fsp3) is 1.00. The van der Waals surface area contributed by atoms with E-state index in [9.17, 15) is 50.6 Å². The summed E-state index contributed by atoms with van der Waals surface area (Å²) in [6.45, 7) is -1.46. The van der Waals surface area contributed by atoms with Gasteiger partial charge in [-0.15, -0.1) is 10.1 Å². The van der Waals surface area contributed by atoms with Gasteiger partial charge < -0.3 is 4.84 Å². The molecule has 0 rings (SSSR count). The first-order valence-corrected chi connectivity index (χ1v) is 4.40. The molecule has 0 spiro atoms. The zero-order chi connectivity index (χ0) is 16.1. The molecule has 0 aromatic heterocycles. The fourth-order valence-electron chi connectivity index (χ4n) is 1.15. The van der Waals surface area contributed by atoms with Gasteiger partial charge in [0, 0.05) is 4.92 Å². The molecule has 0 aromatic carbocycles. The molecule has 0 aliphatic heterocycles. The molecule has 16 heteroatoms.